The van der Waals surface area contributed by atoms with Gasteiger partial charge in [-0.2, -0.15) is 0 Å². The van der Waals surface area contributed by atoms with Crippen molar-refractivity contribution in [3.63, 3.8) is 0 Å². The summed E-state index contributed by atoms with van der Waals surface area (Å²) < 4.78 is 5.42. The van der Waals surface area contributed by atoms with Crippen molar-refractivity contribution in [1.29, 1.82) is 0 Å². The summed E-state index contributed by atoms with van der Waals surface area (Å²) in [5.41, 5.74) is 0.482. The number of carbonyl (C=O) groups excluding carboxylic acids is 1. The van der Waals surface area contributed by atoms with Gasteiger partial charge in [0.25, 0.3) is 0 Å². The summed E-state index contributed by atoms with van der Waals surface area (Å²) in [7, 11) is 0. The number of rotatable bonds is 6. The third-order valence-corrected chi connectivity index (χ3v) is 5.74. The SMILES string of the molecule is C[C@H](CNC(=O)[C@](C)(c1ccccc1)N1CCCC1)N1CCOCC1. The molecule has 0 radical (unpaired) electrons. The number of likely N-dealkylation sites (tertiary alicyclic amines) is 1. The van der Waals surface area contributed by atoms with Crippen molar-refractivity contribution in [2.24, 2.45) is 0 Å². The van der Waals surface area contributed by atoms with Gasteiger partial charge in [-0.1, -0.05) is 30.3 Å². The molecule has 3 rings (SSSR count). The van der Waals surface area contributed by atoms with Gasteiger partial charge in [-0.05, 0) is 45.3 Å². The highest BCUT2D eigenvalue weighted by molar-refractivity contribution is 5.87. The van der Waals surface area contributed by atoms with E-state index in [1.54, 1.807) is 0 Å². The van der Waals surface area contributed by atoms with Crippen LogP contribution in [0, 0.1) is 0 Å². The minimum absolute atomic E-state index is 0.112. The first-order chi connectivity index (χ1) is 12.1. The number of morpholine rings is 1. The monoisotopic (exact) mass is 345 g/mol. The average Bonchev–Trinajstić information content (AvgIpc) is 3.21. The maximum Gasteiger partial charge on any atom is 0.244 e. The highest BCUT2D eigenvalue weighted by Gasteiger charge is 2.42. The second kappa shape index (κ2) is 8.30. The number of hydrogen-bond acceptors (Lipinski definition) is 4. The van der Waals surface area contributed by atoms with Crippen LogP contribution in [0.25, 0.3) is 0 Å². The lowest BCUT2D eigenvalue weighted by Gasteiger charge is -2.39. The molecular formula is C20H31N3O2. The Balaban J connectivity index is 1.69. The molecular weight excluding hydrogens is 314 g/mol. The van der Waals surface area contributed by atoms with Crippen molar-refractivity contribution < 1.29 is 9.53 Å². The number of benzene rings is 1. The molecule has 0 saturated carbocycles. The van der Waals surface area contributed by atoms with E-state index < -0.39 is 5.54 Å². The van der Waals surface area contributed by atoms with E-state index in [0.29, 0.717) is 12.6 Å². The molecule has 2 saturated heterocycles. The van der Waals surface area contributed by atoms with Crippen molar-refractivity contribution in [2.45, 2.75) is 38.3 Å². The summed E-state index contributed by atoms with van der Waals surface area (Å²) in [6.07, 6.45) is 2.33. The zero-order chi connectivity index (χ0) is 17.7. The molecule has 1 N–H and O–H groups in total. The van der Waals surface area contributed by atoms with Crippen molar-refractivity contribution in [3.8, 4) is 0 Å². The van der Waals surface area contributed by atoms with E-state index >= 15 is 0 Å². The van der Waals surface area contributed by atoms with Crippen molar-refractivity contribution in [3.05, 3.63) is 35.9 Å². The third kappa shape index (κ3) is 4.05. The zero-order valence-electron chi connectivity index (χ0n) is 15.5. The lowest BCUT2D eigenvalue weighted by molar-refractivity contribution is -0.133. The molecule has 0 aliphatic carbocycles. The number of nitrogens with zero attached hydrogens (tertiary/aromatic N) is 2. The van der Waals surface area contributed by atoms with Gasteiger partial charge in [-0.25, -0.2) is 0 Å². The van der Waals surface area contributed by atoms with Gasteiger partial charge >= 0.3 is 0 Å². The Kier molecular flexibility index (Phi) is 6.10. The fourth-order valence-corrected chi connectivity index (χ4v) is 3.94. The van der Waals surface area contributed by atoms with Crippen LogP contribution in [0.15, 0.2) is 30.3 Å². The molecule has 0 spiro atoms. The highest BCUT2D eigenvalue weighted by Crippen LogP contribution is 2.31. The van der Waals surface area contributed by atoms with Crippen LogP contribution >= 0.6 is 0 Å². The third-order valence-electron chi connectivity index (χ3n) is 5.74. The van der Waals surface area contributed by atoms with Gasteiger partial charge in [0.05, 0.1) is 13.2 Å². The molecule has 5 heteroatoms. The summed E-state index contributed by atoms with van der Waals surface area (Å²) in [6, 6.07) is 10.5. The van der Waals surface area contributed by atoms with Gasteiger partial charge in [0.15, 0.2) is 0 Å². The number of amides is 1. The largest absolute Gasteiger partial charge is 0.379 e. The van der Waals surface area contributed by atoms with E-state index in [1.165, 1.54) is 12.8 Å². The van der Waals surface area contributed by atoms with Crippen molar-refractivity contribution in [1.82, 2.24) is 15.1 Å². The van der Waals surface area contributed by atoms with Crippen LogP contribution in [0.2, 0.25) is 0 Å². The van der Waals surface area contributed by atoms with E-state index in [9.17, 15) is 4.79 Å². The van der Waals surface area contributed by atoms with E-state index in [0.717, 1.165) is 45.0 Å². The van der Waals surface area contributed by atoms with Gasteiger partial charge < -0.3 is 10.1 Å². The second-order valence-electron chi connectivity index (χ2n) is 7.34. The van der Waals surface area contributed by atoms with E-state index in [1.807, 2.05) is 18.2 Å². The minimum atomic E-state index is -0.595. The second-order valence-corrected chi connectivity index (χ2v) is 7.34. The van der Waals surface area contributed by atoms with Crippen LogP contribution in [-0.4, -0.2) is 67.7 Å². The molecule has 2 aliphatic rings. The van der Waals surface area contributed by atoms with Gasteiger partial charge in [0, 0.05) is 25.7 Å². The predicted octanol–water partition coefficient (Wildman–Crippen LogP) is 1.83. The quantitative estimate of drug-likeness (QED) is 0.854. The van der Waals surface area contributed by atoms with Crippen LogP contribution in [0.1, 0.15) is 32.3 Å². The summed E-state index contributed by atoms with van der Waals surface area (Å²) in [6.45, 7) is 10.4. The normalized spacial score (nSPS) is 23.1. The molecule has 1 amide bonds. The molecule has 0 unspecified atom stereocenters. The minimum Gasteiger partial charge on any atom is -0.379 e. The molecule has 2 fully saturated rings. The van der Waals surface area contributed by atoms with Gasteiger partial charge in [-0.3, -0.25) is 14.6 Å². The van der Waals surface area contributed by atoms with Crippen LogP contribution < -0.4 is 5.32 Å². The van der Waals surface area contributed by atoms with Crippen LogP contribution in [-0.2, 0) is 15.1 Å². The Hall–Kier alpha value is -1.43. The molecule has 25 heavy (non-hydrogen) atoms. The van der Waals surface area contributed by atoms with E-state index in [4.69, 9.17) is 4.74 Å². The highest BCUT2D eigenvalue weighted by atomic mass is 16.5. The summed E-state index contributed by atoms with van der Waals surface area (Å²) in [5.74, 6) is 0.112. The van der Waals surface area contributed by atoms with Gasteiger partial charge in [0.1, 0.15) is 5.54 Å². The Morgan fingerprint density at radius 3 is 2.44 bits per heavy atom. The van der Waals surface area contributed by atoms with E-state index in [-0.39, 0.29) is 5.91 Å². The fraction of sp³-hybridized carbons (Fsp3) is 0.650. The molecule has 1 aromatic carbocycles. The Morgan fingerprint density at radius 2 is 1.80 bits per heavy atom. The van der Waals surface area contributed by atoms with Crippen molar-refractivity contribution in [2.75, 3.05) is 45.9 Å². The lowest BCUT2D eigenvalue weighted by Crippen LogP contribution is -2.56. The first-order valence-corrected chi connectivity index (χ1v) is 9.53. The molecule has 2 heterocycles. The maximum atomic E-state index is 13.2. The fourth-order valence-electron chi connectivity index (χ4n) is 3.94. The lowest BCUT2D eigenvalue weighted by atomic mass is 9.89. The van der Waals surface area contributed by atoms with Crippen molar-refractivity contribution >= 4 is 5.91 Å². The molecule has 1 aromatic rings. The first-order valence-electron chi connectivity index (χ1n) is 9.53. The van der Waals surface area contributed by atoms with Crippen LogP contribution in [0.4, 0.5) is 0 Å². The molecule has 138 valence electrons. The smallest absolute Gasteiger partial charge is 0.244 e. The first kappa shape index (κ1) is 18.4. The Bertz CT molecular complexity index is 553. The van der Waals surface area contributed by atoms with Gasteiger partial charge in [-0.15, -0.1) is 0 Å². The summed E-state index contributed by atoms with van der Waals surface area (Å²) >= 11 is 0. The van der Waals surface area contributed by atoms with Gasteiger partial charge in [0.2, 0.25) is 5.91 Å². The zero-order valence-corrected chi connectivity index (χ0v) is 15.5. The predicted molar refractivity (Wildman–Crippen MR) is 99.5 cm³/mol. The molecule has 5 nitrogen and oxygen atoms in total. The standard InChI is InChI=1S/C20H31N3O2/c1-17(22-12-14-25-15-13-22)16-21-19(24)20(2,23-10-6-7-11-23)18-8-4-3-5-9-18/h3-5,8-9,17H,6-7,10-16H2,1-2H3,(H,21,24)/t17-,20+/m1/s1. The maximum absolute atomic E-state index is 13.2. The summed E-state index contributed by atoms with van der Waals surface area (Å²) in [5, 5.41) is 3.23. The molecule has 0 aromatic heterocycles. The van der Waals surface area contributed by atoms with E-state index in [2.05, 4.69) is 41.1 Å². The number of ether oxygens (including phenoxy) is 1. The Morgan fingerprint density at radius 1 is 1.16 bits per heavy atom. The molecule has 2 atom stereocenters. The molecule has 0 bridgehead atoms. The number of nitrogens with one attached hydrogen (secondary N) is 1. The van der Waals surface area contributed by atoms with Crippen LogP contribution in [0.3, 0.4) is 0 Å². The average molecular weight is 345 g/mol. The molecule has 2 aliphatic heterocycles. The number of carbonyl (C=O) groups is 1. The number of hydrogen-bond donors (Lipinski definition) is 1. The Labute approximate surface area is 151 Å². The summed E-state index contributed by atoms with van der Waals surface area (Å²) in [4.78, 5) is 18.0. The topological polar surface area (TPSA) is 44.8 Å². The van der Waals surface area contributed by atoms with Crippen LogP contribution in [0.5, 0.6) is 0 Å².